The Balaban J connectivity index is -0.000000442. The summed E-state index contributed by atoms with van der Waals surface area (Å²) < 4.78 is 0. The molecule has 0 amide bonds. The van der Waals surface area contributed by atoms with Crippen molar-refractivity contribution >= 4 is 117 Å². The molecule has 0 saturated heterocycles. The van der Waals surface area contributed by atoms with Crippen molar-refractivity contribution in [2.24, 2.45) is 0 Å². The summed E-state index contributed by atoms with van der Waals surface area (Å²) in [5.41, 5.74) is -0.260. The number of rotatable bonds is 24. The molecule has 0 bridgehead atoms. The van der Waals surface area contributed by atoms with Crippen LogP contribution in [0, 0.1) is 0 Å². The second-order valence-corrected chi connectivity index (χ2v) is 40.1. The van der Waals surface area contributed by atoms with Crippen molar-refractivity contribution < 1.29 is 167 Å². The maximum Gasteiger partial charge on any atom is 2.00 e. The van der Waals surface area contributed by atoms with Gasteiger partial charge in [-0.25, -0.2) is 0 Å². The quantitative estimate of drug-likeness (QED) is 0.0412. The van der Waals surface area contributed by atoms with E-state index in [0.29, 0.717) is 0 Å². The third kappa shape index (κ3) is 27.2. The summed E-state index contributed by atoms with van der Waals surface area (Å²) in [6.07, 6.45) is 0.137. The molecule has 12 aromatic carbocycles. The molecular formula is C88H98Cl4O15P4Zn2. The zero-order chi connectivity index (χ0) is 70.8. The molecule has 0 saturated carbocycles. The maximum absolute atomic E-state index is 11.5. The van der Waals surface area contributed by atoms with Crippen LogP contribution in [0.5, 0.6) is 0 Å². The van der Waals surface area contributed by atoms with Crippen molar-refractivity contribution in [1.29, 1.82) is 0 Å². The number of halogens is 4. The van der Waals surface area contributed by atoms with Crippen LogP contribution in [0.4, 0.5) is 0 Å². The van der Waals surface area contributed by atoms with Gasteiger partial charge in [-0.2, -0.15) is 0 Å². The largest absolute Gasteiger partial charge is 2.00 e. The molecule has 0 aliphatic heterocycles. The van der Waals surface area contributed by atoms with Gasteiger partial charge in [-0.1, -0.05) is 218 Å². The first-order valence-electron chi connectivity index (χ1n) is 33.6. The van der Waals surface area contributed by atoms with Gasteiger partial charge in [0.2, 0.25) is 0 Å². The van der Waals surface area contributed by atoms with E-state index in [2.05, 4.69) is 146 Å². The van der Waals surface area contributed by atoms with Gasteiger partial charge in [0, 0.05) is 49.6 Å². The summed E-state index contributed by atoms with van der Waals surface area (Å²) in [6.45, 7) is 8.15. The van der Waals surface area contributed by atoms with Gasteiger partial charge < -0.3 is 128 Å². The second kappa shape index (κ2) is 56.6. The first kappa shape index (κ1) is 114. The number of carbonyl (C=O) groups is 4. The van der Waals surface area contributed by atoms with Crippen molar-refractivity contribution in [2.45, 2.75) is 76.0 Å². The number of hydrogen-bond acceptors (Lipinski definition) is 8. The van der Waals surface area contributed by atoms with E-state index >= 15 is 0 Å². The Morgan fingerprint density at radius 1 is 0.195 bits per heavy atom. The van der Waals surface area contributed by atoms with E-state index in [9.17, 15) is 39.6 Å². The summed E-state index contributed by atoms with van der Waals surface area (Å²) >= 11 is 0. The van der Waals surface area contributed by atoms with Gasteiger partial charge >= 0.3 is 39.0 Å². The summed E-state index contributed by atoms with van der Waals surface area (Å²) in [5.74, 6) is -4.00. The molecule has 0 aromatic heterocycles. The molecule has 14 N–H and O–H groups in total. The van der Waals surface area contributed by atoms with Crippen LogP contribution < -0.4 is 134 Å². The second-order valence-electron chi connectivity index (χ2n) is 24.6. The molecule has 4 atom stereocenters. The minimum Gasteiger partial charge on any atom is -1.00 e. The van der Waals surface area contributed by atoms with Crippen molar-refractivity contribution in [3.63, 3.8) is 0 Å². The fourth-order valence-corrected chi connectivity index (χ4v) is 33.4. The Morgan fingerprint density at radius 3 is 0.327 bits per heavy atom. The zero-order valence-corrected chi connectivity index (χ0v) is 75.8. The van der Waals surface area contributed by atoms with Crippen LogP contribution in [0.3, 0.4) is 0 Å². The van der Waals surface area contributed by atoms with E-state index in [1.165, 1.54) is 63.7 Å². The van der Waals surface area contributed by atoms with Crippen LogP contribution >= 0.6 is 29.0 Å². The molecule has 15 nitrogen and oxygen atoms in total. The van der Waals surface area contributed by atoms with Crippen molar-refractivity contribution in [1.82, 2.24) is 0 Å². The Kier molecular flexibility index (Phi) is 57.1. The van der Waals surface area contributed by atoms with Crippen molar-refractivity contribution in [3.05, 3.63) is 364 Å². The van der Waals surface area contributed by atoms with Crippen LogP contribution in [-0.2, 0) is 58.1 Å². The molecule has 0 unspecified atom stereocenters. The summed E-state index contributed by atoms with van der Waals surface area (Å²) in [5, 5.41) is 60.2. The third-order valence-electron chi connectivity index (χ3n) is 18.5. The fourth-order valence-electron chi connectivity index (χ4n) is 14.3. The Morgan fingerprint density at radius 2 is 0.265 bits per heavy atom. The number of aliphatic carboxylic acids is 4. The molecule has 12 aromatic rings. The molecule has 0 heterocycles. The SMILES string of the molecule is C[C@@H](CC(=O)[O-])[P+](c1ccccc1)(c1ccccc1)c1ccccc1.C[C@@H](CC(=O)[O-])[P+](c1ccccc1)(c1ccccc1)c1ccccc1.C[C@@H](CC(=O)[O-])[P+](c1ccccc1)(c1ccccc1)c1ccccc1.C[C@H](CC(=O)[O-])[P+](c1ccccc1)(c1ccccc1)c1ccccc1.O.O.O.O.O.O.O.[Cl-].[Cl-].[Cl-].[Cl-].[Zn+2].[Zn+2]. The number of carboxylic acid groups (broad SMARTS) is 4. The molecule has 25 heteroatoms. The monoisotopic (exact) mass is 1790 g/mol. The van der Waals surface area contributed by atoms with E-state index in [-0.39, 0.29) is 175 Å². The molecular weight excluding hydrogens is 1690 g/mol. The van der Waals surface area contributed by atoms with Crippen molar-refractivity contribution in [3.8, 4) is 0 Å². The first-order valence-corrected chi connectivity index (χ1v) is 41.1. The summed E-state index contributed by atoms with van der Waals surface area (Å²) in [6, 6.07) is 124. The molecule has 0 aliphatic rings. The van der Waals surface area contributed by atoms with Crippen molar-refractivity contribution in [2.75, 3.05) is 0 Å². The Hall–Kier alpha value is -7.63. The third-order valence-corrected chi connectivity index (χ3v) is 37.8. The van der Waals surface area contributed by atoms with Crippen LogP contribution in [0.25, 0.3) is 0 Å². The smallest absolute Gasteiger partial charge is 1.00 e. The summed E-state index contributed by atoms with van der Waals surface area (Å²) in [7, 11) is -8.48. The molecule has 0 aliphatic carbocycles. The summed E-state index contributed by atoms with van der Waals surface area (Å²) in [4.78, 5) is 45.8. The Bertz CT molecular complexity index is 3520. The minimum atomic E-state index is -2.12. The normalized spacial score (nSPS) is 11.1. The average molecular weight is 1790 g/mol. The molecule has 0 spiro atoms. The number of carboxylic acids is 4. The van der Waals surface area contributed by atoms with Crippen LogP contribution in [0.1, 0.15) is 53.4 Å². The Labute approximate surface area is 717 Å². The maximum atomic E-state index is 11.5. The topological polar surface area (TPSA) is 381 Å². The van der Waals surface area contributed by atoms with Crippen LogP contribution in [0.2, 0.25) is 0 Å². The molecule has 12 rings (SSSR count). The van der Waals surface area contributed by atoms with Gasteiger partial charge in [0.05, 0.1) is 22.6 Å². The predicted octanol–water partition coefficient (Wildman–Crippen LogP) is -7.73. The zero-order valence-electron chi connectivity index (χ0n) is 63.3. The number of benzene rings is 12. The molecule has 0 fully saturated rings. The van der Waals surface area contributed by atoms with E-state index in [1.54, 1.807) is 0 Å². The van der Waals surface area contributed by atoms with Gasteiger partial charge in [0.25, 0.3) is 0 Å². The predicted molar refractivity (Wildman–Crippen MR) is 442 cm³/mol. The number of hydrogen-bond donors (Lipinski definition) is 0. The van der Waals surface area contributed by atoms with E-state index in [1.807, 2.05) is 246 Å². The van der Waals surface area contributed by atoms with Gasteiger partial charge in [0.1, 0.15) is 92.7 Å². The fraction of sp³-hybridized carbons (Fsp3) is 0.136. The molecule has 0 radical (unpaired) electrons. The van der Waals surface area contributed by atoms with Gasteiger partial charge in [-0.05, 0) is 173 Å². The standard InChI is InChI=1S/4C22H21O2P.4ClH.7H2O.2Zn/c4*1-18(17-22(23)24)25(19-11-5-2-6-12-19,20-13-7-3-8-14-20)21-15-9-4-10-16-21;;;;;;;;;;;;;/h4*2-16,18H,17H2,1H3;4*1H;7*1H2;;/q;;;;;;;;;;;;;;;2*+2/p-4/t4*18-;;;;;;;;;;;;;/m1000............./s1. The van der Waals surface area contributed by atoms with E-state index in [0.717, 1.165) is 0 Å². The van der Waals surface area contributed by atoms with Gasteiger partial charge in [-0.15, -0.1) is 0 Å². The first-order chi connectivity index (χ1) is 48.6. The van der Waals surface area contributed by atoms with Gasteiger partial charge in [-0.3, -0.25) is 0 Å². The van der Waals surface area contributed by atoms with Crippen LogP contribution in [0.15, 0.2) is 364 Å². The van der Waals surface area contributed by atoms with E-state index in [4.69, 9.17) is 0 Å². The minimum absolute atomic E-state index is 0. The average Bonchev–Trinajstić information content (AvgIpc) is 0.768. The molecule has 113 heavy (non-hydrogen) atoms. The molecule has 592 valence electrons. The van der Waals surface area contributed by atoms with Gasteiger partial charge in [0.15, 0.2) is 0 Å². The number of carbonyl (C=O) groups excluding carboxylic acids is 4. The van der Waals surface area contributed by atoms with E-state index < -0.39 is 52.9 Å². The van der Waals surface area contributed by atoms with Crippen LogP contribution in [-0.4, -0.2) is 84.8 Å².